The minimum absolute atomic E-state index is 0.187. The minimum Gasteiger partial charge on any atom is -0.369 e. The number of halogens is 3. The molecule has 0 aliphatic heterocycles. The van der Waals surface area contributed by atoms with Crippen molar-refractivity contribution in [2.24, 2.45) is 0 Å². The molecule has 0 spiro atoms. The van der Waals surface area contributed by atoms with Crippen molar-refractivity contribution in [3.8, 4) is 11.3 Å². The van der Waals surface area contributed by atoms with Crippen molar-refractivity contribution >= 4 is 64.9 Å². The molecule has 2 N–H and O–H groups in total. The lowest BCUT2D eigenvalue weighted by molar-refractivity contribution is 0.583. The summed E-state index contributed by atoms with van der Waals surface area (Å²) in [6.07, 6.45) is 1.65. The summed E-state index contributed by atoms with van der Waals surface area (Å²) in [6, 6.07) is 15.7. The molecule has 2 aromatic carbocycles. The maximum Gasteiger partial charge on any atom is 0.240 e. The number of benzene rings is 2. The minimum atomic E-state index is -3.60. The Morgan fingerprint density at radius 1 is 1.03 bits per heavy atom. The number of sulfonamides is 1. The lowest BCUT2D eigenvalue weighted by atomic mass is 10.1. The lowest BCUT2D eigenvalue weighted by Gasteiger charge is -2.12. The van der Waals surface area contributed by atoms with E-state index in [-0.39, 0.29) is 11.4 Å². The summed E-state index contributed by atoms with van der Waals surface area (Å²) in [5.41, 5.74) is 2.09. The molecular weight excluding hydrogens is 570 g/mol. The molecule has 31 heavy (non-hydrogen) atoms. The molecule has 0 radical (unpaired) electrons. The van der Waals surface area contributed by atoms with Gasteiger partial charge in [-0.25, -0.2) is 18.1 Å². The summed E-state index contributed by atoms with van der Waals surface area (Å²) in [7, 11) is -3.60. The van der Waals surface area contributed by atoms with E-state index in [0.717, 1.165) is 14.5 Å². The Balaban J connectivity index is 1.53. The molecule has 160 valence electrons. The van der Waals surface area contributed by atoms with Crippen LogP contribution in [0, 0.1) is 0 Å². The number of hydrogen-bond acceptors (Lipinski definition) is 5. The van der Waals surface area contributed by atoms with Crippen molar-refractivity contribution in [3.63, 3.8) is 0 Å². The number of fused-ring (bicyclic) bond motifs is 1. The summed E-state index contributed by atoms with van der Waals surface area (Å²) in [5.74, 6) is 0.661. The van der Waals surface area contributed by atoms with E-state index in [1.165, 1.54) is 0 Å². The number of hydrogen-bond donors (Lipinski definition) is 2. The van der Waals surface area contributed by atoms with Gasteiger partial charge < -0.3 is 5.32 Å². The molecule has 0 saturated heterocycles. The molecule has 2 heterocycles. The Morgan fingerprint density at radius 3 is 2.52 bits per heavy atom. The van der Waals surface area contributed by atoms with Crippen LogP contribution in [0.5, 0.6) is 0 Å². The Bertz CT molecular complexity index is 1340. The summed E-state index contributed by atoms with van der Waals surface area (Å²) >= 11 is 13.1. The average molecular weight is 586 g/mol. The second kappa shape index (κ2) is 9.25. The van der Waals surface area contributed by atoms with E-state index in [1.807, 2.05) is 24.3 Å². The second-order valence-corrected chi connectivity index (χ2v) is 10.5. The zero-order valence-corrected chi connectivity index (χ0v) is 20.6. The monoisotopic (exact) mass is 583 g/mol. The zero-order valence-electron chi connectivity index (χ0n) is 15.9. The predicted octanol–water partition coefficient (Wildman–Crippen LogP) is 4.97. The van der Waals surface area contributed by atoms with E-state index >= 15 is 0 Å². The van der Waals surface area contributed by atoms with Gasteiger partial charge in [0.05, 0.1) is 21.3 Å². The fourth-order valence-electron chi connectivity index (χ4n) is 2.94. The summed E-state index contributed by atoms with van der Waals surface area (Å²) in [5, 5.41) is 8.14. The third kappa shape index (κ3) is 4.93. The summed E-state index contributed by atoms with van der Waals surface area (Å²) in [4.78, 5) is 4.86. The van der Waals surface area contributed by atoms with Gasteiger partial charge in [-0.2, -0.15) is 9.61 Å². The first-order chi connectivity index (χ1) is 14.8. The van der Waals surface area contributed by atoms with Gasteiger partial charge >= 0.3 is 0 Å². The highest BCUT2D eigenvalue weighted by molar-refractivity contribution is 9.11. The average Bonchev–Trinajstić information content (AvgIpc) is 3.13. The molecule has 2 aromatic heterocycles. The fourth-order valence-corrected chi connectivity index (χ4v) is 4.82. The van der Waals surface area contributed by atoms with Gasteiger partial charge in [-0.05, 0) is 46.3 Å². The number of aromatic nitrogens is 3. The van der Waals surface area contributed by atoms with Crippen LogP contribution in [0.25, 0.3) is 16.9 Å². The highest BCUT2D eigenvalue weighted by atomic mass is 79.9. The van der Waals surface area contributed by atoms with E-state index in [2.05, 4.69) is 52.0 Å². The van der Waals surface area contributed by atoms with Crippen LogP contribution < -0.4 is 10.0 Å². The molecule has 0 aliphatic rings. The molecule has 0 bridgehead atoms. The van der Waals surface area contributed by atoms with Crippen LogP contribution in [-0.4, -0.2) is 36.1 Å². The van der Waals surface area contributed by atoms with E-state index in [0.29, 0.717) is 28.7 Å². The van der Waals surface area contributed by atoms with Crippen LogP contribution in [0.3, 0.4) is 0 Å². The third-order valence-electron chi connectivity index (χ3n) is 4.43. The van der Waals surface area contributed by atoms with Crippen molar-refractivity contribution in [3.05, 3.63) is 74.8 Å². The Labute approximate surface area is 201 Å². The SMILES string of the molecule is O=S(=O)(NCCNc1cc(-c2ccccc2Cl)nc2c(Br)cnn12)c1ccc(Br)cc1. The number of anilines is 1. The molecule has 0 aliphatic carbocycles. The first-order valence-electron chi connectivity index (χ1n) is 9.13. The van der Waals surface area contributed by atoms with E-state index in [9.17, 15) is 8.42 Å². The van der Waals surface area contributed by atoms with Gasteiger partial charge in [-0.1, -0.05) is 45.7 Å². The maximum atomic E-state index is 12.4. The molecule has 0 atom stereocenters. The predicted molar refractivity (Wildman–Crippen MR) is 129 cm³/mol. The molecular formula is C20H16Br2ClN5O2S. The first kappa shape index (κ1) is 22.2. The van der Waals surface area contributed by atoms with Gasteiger partial charge in [0, 0.05) is 34.2 Å². The van der Waals surface area contributed by atoms with Crippen molar-refractivity contribution in [1.82, 2.24) is 19.3 Å². The van der Waals surface area contributed by atoms with Crippen LogP contribution >= 0.6 is 43.5 Å². The zero-order chi connectivity index (χ0) is 22.0. The molecule has 0 amide bonds. The molecule has 0 saturated carbocycles. The first-order valence-corrected chi connectivity index (χ1v) is 12.6. The summed E-state index contributed by atoms with van der Waals surface area (Å²) in [6.45, 7) is 0.528. The van der Waals surface area contributed by atoms with Crippen LogP contribution in [-0.2, 0) is 10.0 Å². The van der Waals surface area contributed by atoms with Gasteiger partial charge in [0.25, 0.3) is 0 Å². The van der Waals surface area contributed by atoms with Crippen molar-refractivity contribution in [2.75, 3.05) is 18.4 Å². The Hall–Kier alpha value is -1.98. The smallest absolute Gasteiger partial charge is 0.240 e. The normalized spacial score (nSPS) is 11.7. The Morgan fingerprint density at radius 2 is 1.77 bits per heavy atom. The van der Waals surface area contributed by atoms with Gasteiger partial charge in [0.15, 0.2) is 5.65 Å². The standard InChI is InChI=1S/C20H16Br2ClN5O2S/c21-13-5-7-14(8-6-13)31(29,30)26-10-9-24-19-11-18(15-3-1-2-4-17(15)23)27-20-16(22)12-25-28(19)20/h1-8,11-12,24,26H,9-10H2. The maximum absolute atomic E-state index is 12.4. The molecule has 4 rings (SSSR count). The van der Waals surface area contributed by atoms with Crippen LogP contribution in [0.1, 0.15) is 0 Å². The van der Waals surface area contributed by atoms with Gasteiger partial charge in [0.1, 0.15) is 5.82 Å². The quantitative estimate of drug-likeness (QED) is 0.299. The van der Waals surface area contributed by atoms with Gasteiger partial charge in [-0.15, -0.1) is 0 Å². The van der Waals surface area contributed by atoms with Crippen LogP contribution in [0.4, 0.5) is 5.82 Å². The molecule has 0 fully saturated rings. The van der Waals surface area contributed by atoms with Crippen molar-refractivity contribution < 1.29 is 8.42 Å². The van der Waals surface area contributed by atoms with Crippen molar-refractivity contribution in [2.45, 2.75) is 4.90 Å². The third-order valence-corrected chi connectivity index (χ3v) is 7.32. The molecule has 4 aromatic rings. The van der Waals surface area contributed by atoms with Gasteiger partial charge in [-0.3, -0.25) is 0 Å². The lowest BCUT2D eigenvalue weighted by Crippen LogP contribution is -2.29. The Kier molecular flexibility index (Phi) is 6.63. The molecule has 11 heteroatoms. The number of rotatable bonds is 7. The van der Waals surface area contributed by atoms with E-state index in [4.69, 9.17) is 11.6 Å². The van der Waals surface area contributed by atoms with Crippen molar-refractivity contribution in [1.29, 1.82) is 0 Å². The van der Waals surface area contributed by atoms with E-state index < -0.39 is 10.0 Å². The highest BCUT2D eigenvalue weighted by Crippen LogP contribution is 2.30. The molecule has 0 unspecified atom stereocenters. The topological polar surface area (TPSA) is 88.4 Å². The van der Waals surface area contributed by atoms with Crippen LogP contribution in [0.15, 0.2) is 74.6 Å². The number of nitrogens with zero attached hydrogens (tertiary/aromatic N) is 3. The second-order valence-electron chi connectivity index (χ2n) is 6.51. The van der Waals surface area contributed by atoms with Gasteiger partial charge in [0.2, 0.25) is 10.0 Å². The van der Waals surface area contributed by atoms with Crippen LogP contribution in [0.2, 0.25) is 5.02 Å². The van der Waals surface area contributed by atoms with E-state index in [1.54, 1.807) is 41.0 Å². The largest absolute Gasteiger partial charge is 0.369 e. The highest BCUT2D eigenvalue weighted by Gasteiger charge is 2.15. The molecule has 7 nitrogen and oxygen atoms in total. The number of nitrogens with one attached hydrogen (secondary N) is 2. The fraction of sp³-hybridized carbons (Fsp3) is 0.100. The summed E-state index contributed by atoms with van der Waals surface area (Å²) < 4.78 is 30.7.